The highest BCUT2D eigenvalue weighted by atomic mass is 32.2. The zero-order valence-corrected chi connectivity index (χ0v) is 22.9. The predicted octanol–water partition coefficient (Wildman–Crippen LogP) is 6.87. The summed E-state index contributed by atoms with van der Waals surface area (Å²) in [4.78, 5) is 16.2. The van der Waals surface area contributed by atoms with Gasteiger partial charge < -0.3 is 15.5 Å². The molecule has 0 aliphatic carbocycles. The van der Waals surface area contributed by atoms with Crippen molar-refractivity contribution in [2.75, 3.05) is 30.8 Å². The summed E-state index contributed by atoms with van der Waals surface area (Å²) in [6, 6.07) is 11.4. The summed E-state index contributed by atoms with van der Waals surface area (Å²) in [6.45, 7) is 10.5. The summed E-state index contributed by atoms with van der Waals surface area (Å²) in [5.74, 6) is 1.83. The summed E-state index contributed by atoms with van der Waals surface area (Å²) < 4.78 is 17.1. The number of fused-ring (bicyclic) bond motifs is 1. The minimum atomic E-state index is -0.182. The fourth-order valence-corrected chi connectivity index (χ4v) is 5.50. The summed E-state index contributed by atoms with van der Waals surface area (Å²) in [6.07, 6.45) is 5.76. The third-order valence-electron chi connectivity index (χ3n) is 6.51. The molecule has 0 saturated carbocycles. The number of aromatic nitrogens is 4. The maximum Gasteiger partial charge on any atom is 0.229 e. The van der Waals surface area contributed by atoms with Gasteiger partial charge in [0, 0.05) is 33.8 Å². The van der Waals surface area contributed by atoms with Crippen molar-refractivity contribution in [2.24, 2.45) is 0 Å². The molecule has 7 nitrogen and oxygen atoms in total. The largest absolute Gasteiger partial charge is 0.324 e. The predicted molar refractivity (Wildman–Crippen MR) is 152 cm³/mol. The van der Waals surface area contributed by atoms with Crippen LogP contribution in [0.5, 0.6) is 0 Å². The van der Waals surface area contributed by atoms with E-state index < -0.39 is 0 Å². The molecular formula is C28H34FN7S. The summed E-state index contributed by atoms with van der Waals surface area (Å²) >= 11 is 1.73. The lowest BCUT2D eigenvalue weighted by Gasteiger charge is -2.29. The van der Waals surface area contributed by atoms with Crippen LogP contribution in [0.2, 0.25) is 0 Å². The molecule has 5 rings (SSSR count). The first-order valence-corrected chi connectivity index (χ1v) is 13.5. The molecule has 2 N–H and O–H groups in total. The molecule has 1 aliphatic rings. The molecule has 0 atom stereocenters. The van der Waals surface area contributed by atoms with Crippen LogP contribution in [-0.2, 0) is 0 Å². The van der Waals surface area contributed by atoms with Crippen molar-refractivity contribution < 1.29 is 4.39 Å². The molecular weight excluding hydrogens is 485 g/mol. The Morgan fingerprint density at radius 2 is 1.81 bits per heavy atom. The van der Waals surface area contributed by atoms with Gasteiger partial charge in [-0.3, -0.25) is 3.97 Å². The Balaban J connectivity index is 1.33. The number of piperidine rings is 1. The van der Waals surface area contributed by atoms with E-state index in [0.29, 0.717) is 23.3 Å². The van der Waals surface area contributed by atoms with Crippen molar-refractivity contribution >= 4 is 46.3 Å². The first kappa shape index (κ1) is 25.5. The molecule has 1 fully saturated rings. The number of nitrogens with zero attached hydrogens (tertiary/aromatic N) is 5. The topological polar surface area (TPSA) is 70.9 Å². The van der Waals surface area contributed by atoms with Gasteiger partial charge in [0.1, 0.15) is 17.5 Å². The smallest absolute Gasteiger partial charge is 0.229 e. The van der Waals surface area contributed by atoms with Gasteiger partial charge in [-0.25, -0.2) is 14.4 Å². The Bertz CT molecular complexity index is 1400. The Kier molecular flexibility index (Phi) is 7.09. The molecule has 1 saturated heterocycles. The van der Waals surface area contributed by atoms with Crippen LogP contribution in [0, 0.1) is 12.7 Å². The van der Waals surface area contributed by atoms with Gasteiger partial charge in [0.2, 0.25) is 5.95 Å². The van der Waals surface area contributed by atoms with Gasteiger partial charge in [0.05, 0.1) is 0 Å². The lowest BCUT2D eigenvalue weighted by molar-refractivity contribution is 0.253. The van der Waals surface area contributed by atoms with Gasteiger partial charge in [0.15, 0.2) is 5.65 Å². The fraction of sp³-hybridized carbons (Fsp3) is 0.393. The average Bonchev–Trinajstić information content (AvgIpc) is 3.22. The maximum atomic E-state index is 15.0. The van der Waals surface area contributed by atoms with Crippen LogP contribution in [0.15, 0.2) is 48.8 Å². The lowest BCUT2D eigenvalue weighted by Crippen LogP contribution is -2.29. The number of nitrogens with one attached hydrogen (secondary N) is 2. The highest BCUT2D eigenvalue weighted by Gasteiger charge is 2.21. The van der Waals surface area contributed by atoms with E-state index in [1.54, 1.807) is 24.2 Å². The second-order valence-electron chi connectivity index (χ2n) is 10.7. The van der Waals surface area contributed by atoms with E-state index in [-0.39, 0.29) is 16.5 Å². The third kappa shape index (κ3) is 6.05. The van der Waals surface area contributed by atoms with Gasteiger partial charge in [0.25, 0.3) is 0 Å². The van der Waals surface area contributed by atoms with E-state index in [9.17, 15) is 4.39 Å². The van der Waals surface area contributed by atoms with Gasteiger partial charge >= 0.3 is 0 Å². The van der Waals surface area contributed by atoms with Gasteiger partial charge in [-0.1, -0.05) is 6.07 Å². The number of hydrogen-bond donors (Lipinski definition) is 2. The van der Waals surface area contributed by atoms with Gasteiger partial charge in [-0.15, -0.1) is 0 Å². The van der Waals surface area contributed by atoms with Crippen LogP contribution in [-0.4, -0.2) is 48.7 Å². The van der Waals surface area contributed by atoms with Crippen molar-refractivity contribution in [3.8, 4) is 0 Å². The third-order valence-corrected chi connectivity index (χ3v) is 7.55. The number of aryl methyl sites for hydroxylation is 1. The zero-order valence-electron chi connectivity index (χ0n) is 22.0. The first-order valence-electron chi connectivity index (χ1n) is 12.7. The van der Waals surface area contributed by atoms with E-state index in [4.69, 9.17) is 4.98 Å². The molecule has 0 spiro atoms. The SMILES string of the molecule is Cc1cnc(Nc2ccc(C3CCN(C)CC3)c(F)c2)nc1Nc1ccc2ccn(SC(C)(C)C)c2n1. The normalized spacial score (nSPS) is 15.3. The average molecular weight is 520 g/mol. The second kappa shape index (κ2) is 10.3. The molecule has 3 aromatic heterocycles. The molecule has 37 heavy (non-hydrogen) atoms. The number of benzene rings is 1. The second-order valence-corrected chi connectivity index (χ2v) is 12.5. The lowest BCUT2D eigenvalue weighted by atomic mass is 9.89. The van der Waals surface area contributed by atoms with Crippen molar-refractivity contribution in [1.29, 1.82) is 0 Å². The number of halogens is 1. The van der Waals surface area contributed by atoms with Gasteiger partial charge in [-0.2, -0.15) is 4.98 Å². The quantitative estimate of drug-likeness (QED) is 0.288. The minimum absolute atomic E-state index is 0.0612. The maximum absolute atomic E-state index is 15.0. The fourth-order valence-electron chi connectivity index (χ4n) is 4.56. The van der Waals surface area contributed by atoms with Crippen LogP contribution in [0.1, 0.15) is 50.7 Å². The van der Waals surface area contributed by atoms with Crippen LogP contribution in [0.25, 0.3) is 11.0 Å². The molecule has 0 unspecified atom stereocenters. The van der Waals surface area contributed by atoms with Crippen LogP contribution in [0.4, 0.5) is 27.7 Å². The van der Waals surface area contributed by atoms with Crippen molar-refractivity contribution in [3.63, 3.8) is 0 Å². The van der Waals surface area contributed by atoms with Crippen LogP contribution < -0.4 is 10.6 Å². The van der Waals surface area contributed by atoms with E-state index in [2.05, 4.69) is 69.4 Å². The Morgan fingerprint density at radius 1 is 1.03 bits per heavy atom. The highest BCUT2D eigenvalue weighted by Crippen LogP contribution is 2.32. The Morgan fingerprint density at radius 3 is 2.54 bits per heavy atom. The van der Waals surface area contributed by atoms with Crippen molar-refractivity contribution in [1.82, 2.24) is 23.8 Å². The minimum Gasteiger partial charge on any atom is -0.324 e. The van der Waals surface area contributed by atoms with E-state index >= 15 is 0 Å². The number of pyridine rings is 1. The standard InChI is InChI=1S/C28H34FN7S/c1-18-17-30-27(31-21-7-8-22(23(29)16-21)19-10-13-35(5)14-11-19)34-25(18)32-24-9-6-20-12-15-36(26(20)33-24)37-28(2,3)4/h6-9,12,15-17,19H,10-11,13-14H2,1-5H3,(H2,30,31,32,33,34). The molecule has 4 aromatic rings. The zero-order chi connectivity index (χ0) is 26.2. The number of hydrogen-bond acceptors (Lipinski definition) is 7. The Hall–Kier alpha value is -3.17. The molecule has 194 valence electrons. The molecule has 0 bridgehead atoms. The van der Waals surface area contributed by atoms with Crippen LogP contribution in [0.3, 0.4) is 0 Å². The first-order chi connectivity index (χ1) is 17.6. The van der Waals surface area contributed by atoms with E-state index in [0.717, 1.165) is 48.1 Å². The molecule has 4 heterocycles. The number of likely N-dealkylation sites (tertiary alicyclic amines) is 1. The molecule has 9 heteroatoms. The van der Waals surface area contributed by atoms with E-state index in [1.807, 2.05) is 31.3 Å². The Labute approximate surface area is 222 Å². The summed E-state index contributed by atoms with van der Waals surface area (Å²) in [7, 11) is 2.11. The van der Waals surface area contributed by atoms with Crippen molar-refractivity contribution in [2.45, 2.75) is 51.2 Å². The molecule has 0 radical (unpaired) electrons. The van der Waals surface area contributed by atoms with Gasteiger partial charge in [-0.05, 0) is 114 Å². The number of rotatable bonds is 6. The summed E-state index contributed by atoms with van der Waals surface area (Å²) in [5, 5.41) is 7.57. The molecule has 1 aromatic carbocycles. The number of anilines is 4. The van der Waals surface area contributed by atoms with Crippen molar-refractivity contribution in [3.05, 3.63) is 65.7 Å². The molecule has 0 amide bonds. The summed E-state index contributed by atoms with van der Waals surface area (Å²) in [5.41, 5.74) is 3.20. The van der Waals surface area contributed by atoms with Crippen LogP contribution >= 0.6 is 11.9 Å². The monoisotopic (exact) mass is 519 g/mol. The van der Waals surface area contributed by atoms with E-state index in [1.165, 1.54) is 0 Å². The molecule has 1 aliphatic heterocycles. The highest BCUT2D eigenvalue weighted by molar-refractivity contribution is 7.99.